The van der Waals surface area contributed by atoms with Gasteiger partial charge in [-0.3, -0.25) is 4.55 Å². The van der Waals surface area contributed by atoms with E-state index in [0.717, 1.165) is 12.8 Å². The molecule has 18 heavy (non-hydrogen) atoms. The molecule has 0 amide bonds. The number of thiol groups is 1. The number of hydrogen-bond acceptors (Lipinski definition) is 4. The molecule has 0 radical (unpaired) electrons. The Balaban J connectivity index is 0. The van der Waals surface area contributed by atoms with Gasteiger partial charge in [0.25, 0.3) is 11.0 Å². The van der Waals surface area contributed by atoms with Gasteiger partial charge in [0.1, 0.15) is 0 Å². The molecule has 0 heterocycles. The summed E-state index contributed by atoms with van der Waals surface area (Å²) in [5, 5.41) is 9.66. The van der Waals surface area contributed by atoms with E-state index in [4.69, 9.17) is 18.7 Å². The minimum Gasteiger partial charge on any atom is -0.391 e. The van der Waals surface area contributed by atoms with Crippen LogP contribution in [0.25, 0.3) is 0 Å². The lowest BCUT2D eigenvalue weighted by Crippen LogP contribution is -2.44. The van der Waals surface area contributed by atoms with E-state index in [9.17, 15) is 5.11 Å². The molecule has 1 unspecified atom stereocenters. The van der Waals surface area contributed by atoms with Crippen molar-refractivity contribution in [1.82, 2.24) is 0 Å². The molecular formula is C12H29NO4S. The summed E-state index contributed by atoms with van der Waals surface area (Å²) in [6.07, 6.45) is 8.08. The molecule has 0 aliphatic carbocycles. The van der Waals surface area contributed by atoms with E-state index in [1.54, 1.807) is 0 Å². The van der Waals surface area contributed by atoms with Crippen LogP contribution in [0.3, 0.4) is 0 Å². The standard InChI is InChI=1S/C12H27NO.H2O3S/c1-4-5-6-7-8-9-10-11(14)12(2,3)13;1-4(2)3/h11,14H,4-10,13H2,1-3H3;4H,(H,1,2,3). The normalized spacial score (nSPS) is 13.1. The zero-order valence-electron chi connectivity index (χ0n) is 11.8. The largest absolute Gasteiger partial charge is 0.391 e. The van der Waals surface area contributed by atoms with E-state index < -0.39 is 16.5 Å². The second-order valence-electron chi connectivity index (χ2n) is 5.13. The van der Waals surface area contributed by atoms with Gasteiger partial charge in [0.15, 0.2) is 0 Å². The molecule has 0 saturated carbocycles. The first kappa shape index (κ1) is 20.2. The highest BCUT2D eigenvalue weighted by Gasteiger charge is 2.21. The Kier molecular flexibility index (Phi) is 13.3. The molecule has 0 fully saturated rings. The van der Waals surface area contributed by atoms with E-state index in [0.29, 0.717) is 0 Å². The lowest BCUT2D eigenvalue weighted by Gasteiger charge is -2.25. The van der Waals surface area contributed by atoms with Crippen LogP contribution in [-0.2, 0) is 11.0 Å². The van der Waals surface area contributed by atoms with Crippen molar-refractivity contribution in [2.45, 2.75) is 77.4 Å². The van der Waals surface area contributed by atoms with Crippen molar-refractivity contribution in [1.29, 1.82) is 0 Å². The second-order valence-corrected chi connectivity index (χ2v) is 5.61. The van der Waals surface area contributed by atoms with Crippen LogP contribution in [0.5, 0.6) is 0 Å². The molecule has 0 aromatic carbocycles. The first-order valence-electron chi connectivity index (χ1n) is 6.52. The number of aliphatic hydroxyl groups excluding tert-OH is 1. The first-order valence-corrected chi connectivity index (χ1v) is 7.65. The second kappa shape index (κ2) is 11.9. The number of unbranched alkanes of at least 4 members (excludes halogenated alkanes) is 5. The van der Waals surface area contributed by atoms with E-state index in [2.05, 4.69) is 6.92 Å². The fourth-order valence-electron chi connectivity index (χ4n) is 1.49. The summed E-state index contributed by atoms with van der Waals surface area (Å²) in [4.78, 5) is 0. The summed E-state index contributed by atoms with van der Waals surface area (Å²) < 4.78 is 24.2. The van der Waals surface area contributed by atoms with Gasteiger partial charge in [-0.1, -0.05) is 45.4 Å². The number of rotatable bonds is 8. The monoisotopic (exact) mass is 283 g/mol. The molecule has 6 heteroatoms. The van der Waals surface area contributed by atoms with Gasteiger partial charge < -0.3 is 10.8 Å². The molecule has 4 N–H and O–H groups in total. The Morgan fingerprint density at radius 2 is 1.50 bits per heavy atom. The minimum absolute atomic E-state index is 0.353. The van der Waals surface area contributed by atoms with Crippen molar-refractivity contribution in [3.8, 4) is 0 Å². The average Bonchev–Trinajstić information content (AvgIpc) is 2.20. The van der Waals surface area contributed by atoms with Crippen LogP contribution in [0.4, 0.5) is 0 Å². The van der Waals surface area contributed by atoms with Crippen molar-refractivity contribution >= 4 is 11.0 Å². The summed E-state index contributed by atoms with van der Waals surface area (Å²) in [6, 6.07) is 0. The maximum Gasteiger partial charge on any atom is 0.254 e. The lowest BCUT2D eigenvalue weighted by molar-refractivity contribution is 0.0925. The highest BCUT2D eigenvalue weighted by atomic mass is 32.2. The van der Waals surface area contributed by atoms with Crippen molar-refractivity contribution < 1.29 is 18.1 Å². The zero-order chi connectivity index (χ0) is 14.6. The number of nitrogens with two attached hydrogens (primary N) is 1. The zero-order valence-corrected chi connectivity index (χ0v) is 12.7. The first-order chi connectivity index (χ1) is 8.21. The van der Waals surface area contributed by atoms with Crippen LogP contribution in [0.15, 0.2) is 0 Å². The molecule has 5 nitrogen and oxygen atoms in total. The highest BCUT2D eigenvalue weighted by Crippen LogP contribution is 2.14. The van der Waals surface area contributed by atoms with Crippen LogP contribution in [0.1, 0.15) is 65.7 Å². The molecule has 0 saturated heterocycles. The van der Waals surface area contributed by atoms with Gasteiger partial charge in [-0.05, 0) is 20.3 Å². The molecule has 1 atom stereocenters. The fraction of sp³-hybridized carbons (Fsp3) is 1.00. The van der Waals surface area contributed by atoms with Gasteiger partial charge in [-0.2, -0.15) is 0 Å². The Morgan fingerprint density at radius 1 is 1.11 bits per heavy atom. The van der Waals surface area contributed by atoms with Crippen molar-refractivity contribution in [3.05, 3.63) is 0 Å². The quantitative estimate of drug-likeness (QED) is 0.310. The molecule has 0 rings (SSSR count). The molecular weight excluding hydrogens is 254 g/mol. The summed E-state index contributed by atoms with van der Waals surface area (Å²) in [5.74, 6) is 0. The highest BCUT2D eigenvalue weighted by molar-refractivity contribution is 7.66. The Hall–Kier alpha value is -0.170. The Labute approximate surface area is 113 Å². The van der Waals surface area contributed by atoms with Crippen LogP contribution in [0, 0.1) is 0 Å². The molecule has 0 aromatic rings. The molecule has 0 aromatic heterocycles. The van der Waals surface area contributed by atoms with Gasteiger partial charge in [-0.15, -0.1) is 0 Å². The third-order valence-corrected chi connectivity index (χ3v) is 2.69. The summed E-state index contributed by atoms with van der Waals surface area (Å²) in [7, 11) is -3.12. The van der Waals surface area contributed by atoms with E-state index in [1.165, 1.54) is 32.1 Å². The maximum atomic E-state index is 9.66. The Bertz CT molecular complexity index is 241. The number of hydrogen-bond donors (Lipinski definition) is 4. The van der Waals surface area contributed by atoms with Crippen molar-refractivity contribution in [2.24, 2.45) is 5.73 Å². The predicted molar refractivity (Wildman–Crippen MR) is 75.2 cm³/mol. The van der Waals surface area contributed by atoms with Crippen molar-refractivity contribution in [2.75, 3.05) is 0 Å². The summed E-state index contributed by atoms with van der Waals surface area (Å²) in [6.45, 7) is 5.99. The minimum atomic E-state index is -3.12. The molecule has 0 aliphatic rings. The van der Waals surface area contributed by atoms with Crippen LogP contribution < -0.4 is 5.73 Å². The van der Waals surface area contributed by atoms with Crippen molar-refractivity contribution in [3.63, 3.8) is 0 Å². The summed E-state index contributed by atoms with van der Waals surface area (Å²) in [5.41, 5.74) is 5.35. The van der Waals surface area contributed by atoms with Crippen LogP contribution in [0.2, 0.25) is 0 Å². The average molecular weight is 283 g/mol. The van der Waals surface area contributed by atoms with Crippen LogP contribution >= 0.6 is 0 Å². The van der Waals surface area contributed by atoms with Gasteiger partial charge in [-0.25, -0.2) is 8.42 Å². The van der Waals surface area contributed by atoms with Gasteiger partial charge >= 0.3 is 0 Å². The van der Waals surface area contributed by atoms with Gasteiger partial charge in [0.2, 0.25) is 0 Å². The predicted octanol–water partition coefficient (Wildman–Crippen LogP) is 1.91. The molecule has 112 valence electrons. The third kappa shape index (κ3) is 18.2. The topological polar surface area (TPSA) is 101 Å². The number of aliphatic hydroxyl groups is 1. The van der Waals surface area contributed by atoms with E-state index in [-0.39, 0.29) is 6.10 Å². The van der Waals surface area contributed by atoms with Crippen LogP contribution in [-0.4, -0.2) is 29.7 Å². The third-order valence-electron chi connectivity index (χ3n) is 2.69. The van der Waals surface area contributed by atoms with E-state index >= 15 is 0 Å². The van der Waals surface area contributed by atoms with E-state index in [1.807, 2.05) is 13.8 Å². The van der Waals surface area contributed by atoms with Gasteiger partial charge in [0.05, 0.1) is 6.10 Å². The maximum absolute atomic E-state index is 9.66. The smallest absolute Gasteiger partial charge is 0.254 e. The summed E-state index contributed by atoms with van der Waals surface area (Å²) >= 11 is 0. The molecule has 0 aliphatic heterocycles. The van der Waals surface area contributed by atoms with Gasteiger partial charge in [0, 0.05) is 5.54 Å². The fourth-order valence-corrected chi connectivity index (χ4v) is 1.49. The Morgan fingerprint density at radius 3 is 1.89 bits per heavy atom. The lowest BCUT2D eigenvalue weighted by atomic mass is 9.94. The molecule has 0 bridgehead atoms. The molecule has 0 spiro atoms. The SMILES string of the molecule is CCCCCCCCC(O)C(C)(C)N.O=[SH](=O)O.